The Labute approximate surface area is 127 Å². The summed E-state index contributed by atoms with van der Waals surface area (Å²) in [5.41, 5.74) is -0.206. The number of aromatic nitrogens is 2. The summed E-state index contributed by atoms with van der Waals surface area (Å²) in [6.07, 6.45) is 1.09. The molecule has 7 nitrogen and oxygen atoms in total. The van der Waals surface area contributed by atoms with Crippen LogP contribution in [0, 0.1) is 6.92 Å². The molecule has 0 unspecified atom stereocenters. The predicted molar refractivity (Wildman–Crippen MR) is 77.7 cm³/mol. The first kappa shape index (κ1) is 15.0. The number of anilines is 1. The third kappa shape index (κ3) is 2.72. The second-order valence-corrected chi connectivity index (χ2v) is 8.20. The molecule has 0 spiro atoms. The number of carbonyl (C=O) groups is 1. The molecule has 0 saturated carbocycles. The largest absolute Gasteiger partial charge is 0.477 e. The van der Waals surface area contributed by atoms with Crippen LogP contribution in [0.25, 0.3) is 0 Å². The van der Waals surface area contributed by atoms with Crippen LogP contribution in [0.3, 0.4) is 0 Å². The number of nitrogens with one attached hydrogen (secondary N) is 1. The van der Waals surface area contributed by atoms with E-state index in [0.717, 1.165) is 10.9 Å². The first-order valence-corrected chi connectivity index (χ1v) is 8.35. The van der Waals surface area contributed by atoms with E-state index in [1.54, 1.807) is 6.92 Å². The summed E-state index contributed by atoms with van der Waals surface area (Å²) >= 11 is 4.50. The fourth-order valence-electron chi connectivity index (χ4n) is 1.59. The van der Waals surface area contributed by atoms with Crippen LogP contribution in [-0.4, -0.2) is 29.3 Å². The van der Waals surface area contributed by atoms with E-state index in [1.165, 1.54) is 24.5 Å². The molecule has 0 atom stereocenters. The summed E-state index contributed by atoms with van der Waals surface area (Å²) in [6.45, 7) is 1.67. The number of carboxylic acid groups (broad SMARTS) is 1. The van der Waals surface area contributed by atoms with Crippen molar-refractivity contribution in [2.45, 2.75) is 11.8 Å². The summed E-state index contributed by atoms with van der Waals surface area (Å²) in [5.74, 6) is -1.33. The van der Waals surface area contributed by atoms with Gasteiger partial charge in [0, 0.05) is 11.9 Å². The maximum Gasteiger partial charge on any atom is 0.341 e. The maximum absolute atomic E-state index is 12.3. The number of carboxylic acids is 1. The van der Waals surface area contributed by atoms with Crippen molar-refractivity contribution >= 4 is 49.1 Å². The summed E-state index contributed by atoms with van der Waals surface area (Å²) < 4.78 is 28.7. The number of hydrogen-bond donors (Lipinski definition) is 2. The van der Waals surface area contributed by atoms with Crippen LogP contribution in [0.1, 0.15) is 15.2 Å². The molecule has 0 aliphatic carbocycles. The Morgan fingerprint density at radius 3 is 2.70 bits per heavy atom. The predicted octanol–water partition coefficient (Wildman–Crippen LogP) is 2.05. The molecule has 2 rings (SSSR count). The zero-order chi connectivity index (χ0) is 15.1. The normalized spacial score (nSPS) is 11.6. The fraction of sp³-hybridized carbons (Fsp3) is 0.200. The summed E-state index contributed by atoms with van der Waals surface area (Å²) in [7, 11) is -2.41. The van der Waals surface area contributed by atoms with Crippen molar-refractivity contribution in [3.05, 3.63) is 26.5 Å². The monoisotopic (exact) mass is 379 g/mol. The lowest BCUT2D eigenvalue weighted by Crippen LogP contribution is -2.17. The van der Waals surface area contributed by atoms with E-state index in [1.807, 2.05) is 0 Å². The van der Waals surface area contributed by atoms with Crippen molar-refractivity contribution in [1.82, 2.24) is 9.78 Å². The molecule has 0 aliphatic rings. The van der Waals surface area contributed by atoms with Crippen LogP contribution in [0.4, 0.5) is 5.82 Å². The molecular weight excluding hydrogens is 370 g/mol. The minimum atomic E-state index is -3.87. The van der Waals surface area contributed by atoms with Crippen LogP contribution < -0.4 is 4.72 Å². The highest BCUT2D eigenvalue weighted by Crippen LogP contribution is 2.31. The Morgan fingerprint density at radius 2 is 2.20 bits per heavy atom. The molecule has 0 saturated heterocycles. The molecule has 0 fully saturated rings. The highest BCUT2D eigenvalue weighted by molar-refractivity contribution is 9.11. The smallest absolute Gasteiger partial charge is 0.341 e. The Kier molecular flexibility index (Phi) is 3.89. The second-order valence-electron chi connectivity index (χ2n) is 3.91. The number of nitrogens with zero attached hydrogens (tertiary/aromatic N) is 2. The molecule has 0 aromatic carbocycles. The summed E-state index contributed by atoms with van der Waals surface area (Å²) in [4.78, 5) is 11.7. The van der Waals surface area contributed by atoms with Crippen molar-refractivity contribution in [2.24, 2.45) is 7.05 Å². The van der Waals surface area contributed by atoms with Crippen molar-refractivity contribution in [3.63, 3.8) is 0 Å². The Morgan fingerprint density at radius 1 is 1.55 bits per heavy atom. The van der Waals surface area contributed by atoms with E-state index >= 15 is 0 Å². The number of hydrogen-bond acceptors (Lipinski definition) is 5. The molecule has 2 aromatic heterocycles. The van der Waals surface area contributed by atoms with Gasteiger partial charge in [0.25, 0.3) is 10.0 Å². The average molecular weight is 380 g/mol. The van der Waals surface area contributed by atoms with Crippen LogP contribution in [0.15, 0.2) is 20.9 Å². The van der Waals surface area contributed by atoms with Gasteiger partial charge < -0.3 is 5.11 Å². The van der Waals surface area contributed by atoms with E-state index < -0.39 is 16.0 Å². The van der Waals surface area contributed by atoms with Gasteiger partial charge in [-0.3, -0.25) is 9.40 Å². The fourth-order valence-corrected chi connectivity index (χ4v) is 5.12. The Balaban J connectivity index is 2.46. The van der Waals surface area contributed by atoms with Crippen LogP contribution in [0.5, 0.6) is 0 Å². The molecule has 0 radical (unpaired) electrons. The molecule has 108 valence electrons. The van der Waals surface area contributed by atoms with E-state index in [-0.39, 0.29) is 16.3 Å². The van der Waals surface area contributed by atoms with Crippen LogP contribution in [0.2, 0.25) is 0 Å². The van der Waals surface area contributed by atoms with Gasteiger partial charge >= 0.3 is 5.97 Å². The minimum absolute atomic E-state index is 0.0841. The van der Waals surface area contributed by atoms with Crippen molar-refractivity contribution < 1.29 is 18.3 Å². The van der Waals surface area contributed by atoms with Gasteiger partial charge in [0.1, 0.15) is 10.5 Å². The quantitative estimate of drug-likeness (QED) is 0.846. The van der Waals surface area contributed by atoms with Crippen molar-refractivity contribution in [2.75, 3.05) is 4.72 Å². The van der Waals surface area contributed by atoms with E-state index in [0.29, 0.717) is 8.66 Å². The molecule has 10 heteroatoms. The topological polar surface area (TPSA) is 101 Å². The highest BCUT2D eigenvalue weighted by Gasteiger charge is 2.24. The second kappa shape index (κ2) is 5.19. The first-order valence-electron chi connectivity index (χ1n) is 5.26. The summed E-state index contributed by atoms with van der Waals surface area (Å²) in [6, 6.07) is 1.47. The lowest BCUT2D eigenvalue weighted by atomic mass is 10.3. The van der Waals surface area contributed by atoms with Gasteiger partial charge in [-0.25, -0.2) is 13.2 Å². The van der Waals surface area contributed by atoms with E-state index in [4.69, 9.17) is 5.11 Å². The van der Waals surface area contributed by atoms with Gasteiger partial charge in [0.2, 0.25) is 0 Å². The third-order valence-corrected chi connectivity index (χ3v) is 5.68. The van der Waals surface area contributed by atoms with Crippen molar-refractivity contribution in [1.29, 1.82) is 0 Å². The number of thiophene rings is 1. The van der Waals surface area contributed by atoms with E-state index in [2.05, 4.69) is 25.8 Å². The SMILES string of the molecule is Cc1sc(Br)cc1S(=O)(=O)Nc1c(C(=O)O)cnn1C. The molecule has 2 heterocycles. The van der Waals surface area contributed by atoms with Gasteiger partial charge in [-0.05, 0) is 28.9 Å². The molecule has 20 heavy (non-hydrogen) atoms. The number of halogens is 1. The van der Waals surface area contributed by atoms with Gasteiger partial charge in [-0.2, -0.15) is 5.10 Å². The van der Waals surface area contributed by atoms with Gasteiger partial charge in [-0.15, -0.1) is 11.3 Å². The third-order valence-electron chi connectivity index (χ3n) is 2.53. The van der Waals surface area contributed by atoms with Gasteiger partial charge in [0.15, 0.2) is 5.82 Å². The lowest BCUT2D eigenvalue weighted by Gasteiger charge is -2.08. The molecule has 2 N–H and O–H groups in total. The maximum atomic E-state index is 12.3. The molecular formula is C10H10BrN3O4S2. The zero-order valence-corrected chi connectivity index (χ0v) is 13.6. The zero-order valence-electron chi connectivity index (χ0n) is 10.4. The molecule has 0 aliphatic heterocycles. The lowest BCUT2D eigenvalue weighted by molar-refractivity contribution is 0.0698. The van der Waals surface area contributed by atoms with Gasteiger partial charge in [0.05, 0.1) is 9.98 Å². The van der Waals surface area contributed by atoms with E-state index in [9.17, 15) is 13.2 Å². The summed E-state index contributed by atoms with van der Waals surface area (Å²) in [5, 5.41) is 12.8. The average Bonchev–Trinajstić information content (AvgIpc) is 2.83. The Bertz CT molecular complexity index is 779. The molecule has 0 bridgehead atoms. The highest BCUT2D eigenvalue weighted by atomic mass is 79.9. The van der Waals surface area contributed by atoms with Crippen LogP contribution in [-0.2, 0) is 17.1 Å². The first-order chi connectivity index (χ1) is 9.22. The molecule has 2 aromatic rings. The standard InChI is InChI=1S/C10H10BrN3O4S2/c1-5-7(3-8(11)19-5)20(17,18)13-9-6(10(15)16)4-12-14(9)2/h3-4,13H,1-2H3,(H,15,16). The number of aromatic carboxylic acids is 1. The number of sulfonamides is 1. The van der Waals surface area contributed by atoms with Crippen LogP contribution >= 0.6 is 27.3 Å². The minimum Gasteiger partial charge on any atom is -0.477 e. The number of aryl methyl sites for hydroxylation is 2. The molecule has 0 amide bonds. The van der Waals surface area contributed by atoms with Gasteiger partial charge in [-0.1, -0.05) is 0 Å². The number of rotatable bonds is 4. The Hall–Kier alpha value is -1.39. The van der Waals surface area contributed by atoms with Crippen molar-refractivity contribution in [3.8, 4) is 0 Å².